The van der Waals surface area contributed by atoms with Crippen molar-refractivity contribution < 1.29 is 23.5 Å². The number of carbonyl (C=O) groups is 3. The number of hydrogen-bond donors (Lipinski definition) is 2. The minimum atomic E-state index is -1.05. The maximum Gasteiger partial charge on any atom is 0.314 e. The van der Waals surface area contributed by atoms with Gasteiger partial charge in [-0.1, -0.05) is 68.8 Å². The molecule has 274 valence electrons. The molecule has 1 aromatic heterocycles. The Bertz CT molecular complexity index is 1960. The van der Waals surface area contributed by atoms with Crippen LogP contribution in [0.15, 0.2) is 77.6 Å². The summed E-state index contributed by atoms with van der Waals surface area (Å²) in [6.45, 7) is 9.40. The number of hydrogen-bond acceptors (Lipinski definition) is 6. The zero-order valence-corrected chi connectivity index (χ0v) is 31.1. The van der Waals surface area contributed by atoms with Crippen LogP contribution in [-0.2, 0) is 27.4 Å². The van der Waals surface area contributed by atoms with Crippen LogP contribution >= 0.6 is 11.6 Å². The molecule has 9 nitrogen and oxygen atoms in total. The third-order valence-electron chi connectivity index (χ3n) is 10.4. The second-order valence-corrected chi connectivity index (χ2v) is 14.0. The summed E-state index contributed by atoms with van der Waals surface area (Å²) in [6.07, 6.45) is 2.39. The van der Waals surface area contributed by atoms with Crippen LogP contribution in [0.1, 0.15) is 103 Å². The molecule has 0 radical (unpaired) electrons. The van der Waals surface area contributed by atoms with Crippen LogP contribution in [0.4, 0.5) is 4.39 Å². The van der Waals surface area contributed by atoms with Gasteiger partial charge >= 0.3 is 5.97 Å². The number of rotatable bonds is 13. The third-order valence-corrected chi connectivity index (χ3v) is 10.7. The van der Waals surface area contributed by atoms with Crippen molar-refractivity contribution >= 4 is 29.4 Å². The van der Waals surface area contributed by atoms with E-state index in [9.17, 15) is 23.6 Å². The average Bonchev–Trinajstić information content (AvgIpc) is 3.58. The molecule has 2 N–H and O–H groups in total. The molecular weight excluding hydrogens is 683 g/mol. The van der Waals surface area contributed by atoms with E-state index in [2.05, 4.69) is 15.5 Å². The highest BCUT2D eigenvalue weighted by Crippen LogP contribution is 2.48. The lowest BCUT2D eigenvalue weighted by molar-refractivity contribution is -0.165. The van der Waals surface area contributed by atoms with Gasteiger partial charge in [0.25, 0.3) is 11.5 Å². The second kappa shape index (κ2) is 16.7. The first kappa shape index (κ1) is 38.4. The van der Waals surface area contributed by atoms with Gasteiger partial charge in [0.1, 0.15) is 18.5 Å². The predicted octanol–water partition coefficient (Wildman–Crippen LogP) is 7.56. The first-order chi connectivity index (χ1) is 24.9. The van der Waals surface area contributed by atoms with Crippen molar-refractivity contribution in [2.24, 2.45) is 5.41 Å². The molecule has 0 spiro atoms. The van der Waals surface area contributed by atoms with Gasteiger partial charge in [0.15, 0.2) is 0 Å². The molecule has 1 aliphatic heterocycles. The Labute approximate surface area is 308 Å². The highest BCUT2D eigenvalue weighted by atomic mass is 35.5. The van der Waals surface area contributed by atoms with E-state index in [1.165, 1.54) is 12.1 Å². The molecule has 2 amide bonds. The van der Waals surface area contributed by atoms with Crippen molar-refractivity contribution in [3.8, 4) is 0 Å². The molecule has 2 heterocycles. The zero-order valence-electron chi connectivity index (χ0n) is 30.3. The maximum absolute atomic E-state index is 14.8. The van der Waals surface area contributed by atoms with E-state index in [-0.39, 0.29) is 29.5 Å². The van der Waals surface area contributed by atoms with Gasteiger partial charge in [-0.2, -0.15) is 5.10 Å². The number of aromatic nitrogens is 2. The lowest BCUT2D eigenvalue weighted by atomic mass is 9.74. The summed E-state index contributed by atoms with van der Waals surface area (Å²) in [5, 5.41) is 9.58. The summed E-state index contributed by atoms with van der Waals surface area (Å²) in [5.41, 5.74) is 3.36. The smallest absolute Gasteiger partial charge is 0.314 e. The molecule has 0 aliphatic carbocycles. The molecule has 4 aromatic rings. The fourth-order valence-corrected chi connectivity index (χ4v) is 7.69. The van der Waals surface area contributed by atoms with Crippen LogP contribution in [0, 0.1) is 25.1 Å². The quantitative estimate of drug-likeness (QED) is 0.137. The minimum Gasteiger partial charge on any atom is -0.460 e. The number of halogens is 2. The Hall–Kier alpha value is -4.83. The number of benzene rings is 3. The Morgan fingerprint density at radius 2 is 1.73 bits per heavy atom. The van der Waals surface area contributed by atoms with Crippen molar-refractivity contribution in [3.05, 3.63) is 133 Å². The molecule has 0 unspecified atom stereocenters. The molecule has 3 atom stereocenters. The number of nitrogens with one attached hydrogen (secondary N) is 2. The number of nitrogens with zero attached hydrogens (tertiary/aromatic N) is 2. The number of aryl methyl sites for hydroxylation is 2. The standard InChI is InChI=1S/C41H46ClFN4O5/c1-6-34(44-37(48)29-15-14-28(25(4)18-29)20-31-19-26(5)45-46-38(31)49)39(50)47-35(30-21-32(42)23-33(43)22-30)16-17-36(47)41(7-2,8-3)40(51)52-24-27-12-10-9-11-13-27/h9-15,18-19,21-23,34-36H,6-8,16-17,20,24H2,1-5H3,(H,44,48)(H,46,49)/t34-,35+,36-/m1/s1. The maximum atomic E-state index is 14.8. The largest absolute Gasteiger partial charge is 0.460 e. The number of ether oxygens (including phenoxy) is 1. The Morgan fingerprint density at radius 1 is 1.00 bits per heavy atom. The highest BCUT2D eigenvalue weighted by Gasteiger charge is 2.53. The van der Waals surface area contributed by atoms with Gasteiger partial charge < -0.3 is 15.0 Å². The molecule has 5 rings (SSSR count). The lowest BCUT2D eigenvalue weighted by Crippen LogP contribution is -2.56. The summed E-state index contributed by atoms with van der Waals surface area (Å²) < 4.78 is 20.7. The fraction of sp³-hybridized carbons (Fsp3) is 0.390. The summed E-state index contributed by atoms with van der Waals surface area (Å²) >= 11 is 6.30. The third kappa shape index (κ3) is 8.28. The van der Waals surface area contributed by atoms with Crippen molar-refractivity contribution in [3.63, 3.8) is 0 Å². The summed E-state index contributed by atoms with van der Waals surface area (Å²) in [6, 6.07) is 18.5. The van der Waals surface area contributed by atoms with Crippen LogP contribution < -0.4 is 10.9 Å². The topological polar surface area (TPSA) is 121 Å². The number of H-pyrrole nitrogens is 1. The second-order valence-electron chi connectivity index (χ2n) is 13.6. The fourth-order valence-electron chi connectivity index (χ4n) is 7.46. The van der Waals surface area contributed by atoms with E-state index in [0.717, 1.165) is 16.7 Å². The van der Waals surface area contributed by atoms with Gasteiger partial charge in [0.2, 0.25) is 5.91 Å². The van der Waals surface area contributed by atoms with E-state index >= 15 is 0 Å². The van der Waals surface area contributed by atoms with Crippen molar-refractivity contribution in [1.82, 2.24) is 20.4 Å². The molecule has 1 aliphatic rings. The van der Waals surface area contributed by atoms with Crippen LogP contribution in [0.2, 0.25) is 5.02 Å². The van der Waals surface area contributed by atoms with Gasteiger partial charge in [0, 0.05) is 28.6 Å². The van der Waals surface area contributed by atoms with Crippen LogP contribution in [0.25, 0.3) is 0 Å². The minimum absolute atomic E-state index is 0.0928. The molecule has 52 heavy (non-hydrogen) atoms. The van der Waals surface area contributed by atoms with E-state index in [1.54, 1.807) is 42.2 Å². The summed E-state index contributed by atoms with van der Waals surface area (Å²) in [7, 11) is 0. The molecule has 1 fully saturated rings. The SMILES string of the molecule is CC[C@@H](NC(=O)c1ccc(Cc2cc(C)n[nH]c2=O)c(C)c1)C(=O)N1[C@H](c2cc(F)cc(Cl)c2)CC[C@@H]1C(CC)(CC)C(=O)OCc1ccccc1. The van der Waals surface area contributed by atoms with E-state index in [4.69, 9.17) is 16.3 Å². The highest BCUT2D eigenvalue weighted by molar-refractivity contribution is 6.30. The van der Waals surface area contributed by atoms with Gasteiger partial charge in [-0.05, 0) is 105 Å². The normalized spacial score (nSPS) is 16.4. The van der Waals surface area contributed by atoms with E-state index < -0.39 is 41.2 Å². The number of aromatic amines is 1. The Balaban J connectivity index is 1.44. The zero-order chi connectivity index (χ0) is 37.6. The van der Waals surface area contributed by atoms with Gasteiger partial charge in [-0.25, -0.2) is 9.49 Å². The van der Waals surface area contributed by atoms with Gasteiger partial charge in [-0.3, -0.25) is 19.2 Å². The first-order valence-electron chi connectivity index (χ1n) is 17.9. The van der Waals surface area contributed by atoms with Gasteiger partial charge in [0.05, 0.1) is 17.2 Å². The van der Waals surface area contributed by atoms with Crippen molar-refractivity contribution in [2.75, 3.05) is 0 Å². The molecule has 11 heteroatoms. The number of esters is 1. The monoisotopic (exact) mass is 728 g/mol. The van der Waals surface area contributed by atoms with E-state index in [1.807, 2.05) is 58.0 Å². The first-order valence-corrected chi connectivity index (χ1v) is 18.2. The average molecular weight is 729 g/mol. The number of likely N-dealkylation sites (tertiary alicyclic amines) is 1. The Morgan fingerprint density at radius 3 is 2.38 bits per heavy atom. The molecular formula is C41H46ClFN4O5. The van der Waals surface area contributed by atoms with Gasteiger partial charge in [-0.15, -0.1) is 0 Å². The van der Waals surface area contributed by atoms with Crippen LogP contribution in [0.3, 0.4) is 0 Å². The molecule has 3 aromatic carbocycles. The molecule has 0 saturated carbocycles. The summed E-state index contributed by atoms with van der Waals surface area (Å²) in [4.78, 5) is 56.6. The number of amides is 2. The van der Waals surface area contributed by atoms with Crippen LogP contribution in [0.5, 0.6) is 0 Å². The number of carbonyl (C=O) groups excluding carboxylic acids is 3. The lowest BCUT2D eigenvalue weighted by Gasteiger charge is -2.43. The van der Waals surface area contributed by atoms with Crippen molar-refractivity contribution in [1.29, 1.82) is 0 Å². The van der Waals surface area contributed by atoms with E-state index in [0.29, 0.717) is 54.5 Å². The molecule has 1 saturated heterocycles. The predicted molar refractivity (Wildman–Crippen MR) is 198 cm³/mol. The summed E-state index contributed by atoms with van der Waals surface area (Å²) in [5.74, 6) is -1.74. The van der Waals surface area contributed by atoms with Crippen LogP contribution in [-0.4, -0.2) is 45.0 Å². The Kier molecular flexibility index (Phi) is 12.3. The molecule has 0 bridgehead atoms. The van der Waals surface area contributed by atoms with Crippen molar-refractivity contribution in [2.45, 2.75) is 97.9 Å².